The molecule has 2 heterocycles. The molecule has 0 bridgehead atoms. The number of piperazine rings is 1. The lowest BCUT2D eigenvalue weighted by Gasteiger charge is -2.33. The Kier molecular flexibility index (Phi) is 6.91. The van der Waals surface area contributed by atoms with E-state index in [0.29, 0.717) is 11.7 Å². The maximum atomic E-state index is 12.2. The predicted molar refractivity (Wildman–Crippen MR) is 112 cm³/mol. The van der Waals surface area contributed by atoms with Crippen molar-refractivity contribution >= 4 is 34.0 Å². The van der Waals surface area contributed by atoms with Gasteiger partial charge in [-0.3, -0.25) is 24.7 Å². The summed E-state index contributed by atoms with van der Waals surface area (Å²) < 4.78 is 0. The molecule has 1 aliphatic rings. The highest BCUT2D eigenvalue weighted by atomic mass is 32.1. The lowest BCUT2D eigenvalue weighted by atomic mass is 10.2. The Labute approximate surface area is 169 Å². The Bertz CT molecular complexity index is 825. The summed E-state index contributed by atoms with van der Waals surface area (Å²) in [6, 6.07) is 7.82. The van der Waals surface area contributed by atoms with Crippen LogP contribution in [0.15, 0.2) is 43.1 Å². The van der Waals surface area contributed by atoms with Crippen LogP contribution in [-0.2, 0) is 16.1 Å². The minimum atomic E-state index is -0.251. The van der Waals surface area contributed by atoms with E-state index in [1.54, 1.807) is 6.20 Å². The summed E-state index contributed by atoms with van der Waals surface area (Å²) in [5.74, 6) is -0.235. The number of aryl methyl sites for hydroxylation is 1. The largest absolute Gasteiger partial charge is 0.325 e. The van der Waals surface area contributed by atoms with E-state index in [2.05, 4.69) is 32.0 Å². The normalized spacial score (nSPS) is 15.2. The highest BCUT2D eigenvalue weighted by Crippen LogP contribution is 2.20. The van der Waals surface area contributed by atoms with Crippen molar-refractivity contribution in [2.75, 3.05) is 43.4 Å². The first-order chi connectivity index (χ1) is 13.5. The third kappa shape index (κ3) is 5.98. The van der Waals surface area contributed by atoms with Gasteiger partial charge in [-0.2, -0.15) is 0 Å². The van der Waals surface area contributed by atoms with E-state index in [0.717, 1.165) is 43.3 Å². The summed E-state index contributed by atoms with van der Waals surface area (Å²) in [4.78, 5) is 33.4. The van der Waals surface area contributed by atoms with Gasteiger partial charge >= 0.3 is 0 Å². The molecule has 28 heavy (non-hydrogen) atoms. The number of benzene rings is 1. The van der Waals surface area contributed by atoms with Crippen LogP contribution in [-0.4, -0.2) is 59.3 Å². The molecule has 0 saturated carbocycles. The van der Waals surface area contributed by atoms with Crippen molar-refractivity contribution in [1.82, 2.24) is 14.8 Å². The topological polar surface area (TPSA) is 77.6 Å². The standard InChI is InChI=1S/C20H25N5O2S/c1-3-18(26)23-20-21-12-17(28-20)13-24-8-10-25(11-9-24)14-19(27)22-16-6-4-15(2)5-7-16/h3-7,12H,1,8-11,13-14H2,2H3,(H,22,27)(H,21,23,26). The fraction of sp³-hybridized carbons (Fsp3) is 0.350. The Morgan fingerprint density at radius 2 is 1.82 bits per heavy atom. The first-order valence-electron chi connectivity index (χ1n) is 9.21. The second-order valence-corrected chi connectivity index (χ2v) is 7.91. The van der Waals surface area contributed by atoms with Crippen LogP contribution in [0.25, 0.3) is 0 Å². The smallest absolute Gasteiger partial charge is 0.249 e. The van der Waals surface area contributed by atoms with Crippen molar-refractivity contribution in [3.63, 3.8) is 0 Å². The molecule has 0 aliphatic carbocycles. The van der Waals surface area contributed by atoms with Crippen molar-refractivity contribution in [2.24, 2.45) is 0 Å². The monoisotopic (exact) mass is 399 g/mol. The minimum absolute atomic E-state index is 0.0161. The predicted octanol–water partition coefficient (Wildman–Crippen LogP) is 2.33. The molecule has 0 atom stereocenters. The van der Waals surface area contributed by atoms with Gasteiger partial charge in [-0.1, -0.05) is 24.3 Å². The fourth-order valence-corrected chi connectivity index (χ4v) is 3.82. The maximum absolute atomic E-state index is 12.2. The highest BCUT2D eigenvalue weighted by molar-refractivity contribution is 7.15. The Morgan fingerprint density at radius 3 is 2.50 bits per heavy atom. The number of rotatable bonds is 7. The molecule has 1 aromatic heterocycles. The van der Waals surface area contributed by atoms with E-state index in [9.17, 15) is 9.59 Å². The van der Waals surface area contributed by atoms with E-state index in [1.807, 2.05) is 31.2 Å². The molecule has 2 N–H and O–H groups in total. The van der Waals surface area contributed by atoms with Crippen molar-refractivity contribution in [1.29, 1.82) is 0 Å². The van der Waals surface area contributed by atoms with Crippen LogP contribution >= 0.6 is 11.3 Å². The number of hydrogen-bond donors (Lipinski definition) is 2. The number of nitrogens with zero attached hydrogens (tertiary/aromatic N) is 3. The summed E-state index contributed by atoms with van der Waals surface area (Å²) >= 11 is 1.47. The SMILES string of the molecule is C=CC(=O)Nc1ncc(CN2CCN(CC(=O)Nc3ccc(C)cc3)CC2)s1. The van der Waals surface area contributed by atoms with Gasteiger partial charge in [0, 0.05) is 49.5 Å². The minimum Gasteiger partial charge on any atom is -0.325 e. The van der Waals surface area contributed by atoms with Gasteiger partial charge in [0.15, 0.2) is 5.13 Å². The van der Waals surface area contributed by atoms with Crippen LogP contribution in [0.2, 0.25) is 0 Å². The number of thiazole rings is 1. The lowest BCUT2D eigenvalue weighted by Crippen LogP contribution is -2.48. The average molecular weight is 400 g/mol. The van der Waals surface area contributed by atoms with Crippen LogP contribution < -0.4 is 10.6 Å². The zero-order valence-electron chi connectivity index (χ0n) is 16.0. The van der Waals surface area contributed by atoms with Crippen molar-refractivity contribution in [3.05, 3.63) is 53.6 Å². The van der Waals surface area contributed by atoms with Gasteiger partial charge in [0.2, 0.25) is 11.8 Å². The van der Waals surface area contributed by atoms with Gasteiger partial charge < -0.3 is 5.32 Å². The molecule has 2 aromatic rings. The molecule has 2 amide bonds. The van der Waals surface area contributed by atoms with Crippen molar-refractivity contribution in [2.45, 2.75) is 13.5 Å². The number of carbonyl (C=O) groups is 2. The van der Waals surface area contributed by atoms with E-state index < -0.39 is 0 Å². The van der Waals surface area contributed by atoms with Crippen molar-refractivity contribution in [3.8, 4) is 0 Å². The Hall–Kier alpha value is -2.55. The molecular formula is C20H25N5O2S. The number of nitrogens with one attached hydrogen (secondary N) is 2. The molecular weight excluding hydrogens is 374 g/mol. The summed E-state index contributed by atoms with van der Waals surface area (Å²) in [7, 11) is 0. The molecule has 3 rings (SSSR count). The molecule has 7 nitrogen and oxygen atoms in total. The van der Waals surface area contributed by atoms with E-state index >= 15 is 0 Å². The molecule has 0 spiro atoms. The van der Waals surface area contributed by atoms with Gasteiger partial charge in [-0.25, -0.2) is 4.98 Å². The molecule has 8 heteroatoms. The number of carbonyl (C=O) groups excluding carboxylic acids is 2. The molecule has 148 valence electrons. The van der Waals surface area contributed by atoms with Crippen LogP contribution in [0.1, 0.15) is 10.4 Å². The molecule has 0 unspecified atom stereocenters. The number of hydrogen-bond acceptors (Lipinski definition) is 6. The second-order valence-electron chi connectivity index (χ2n) is 6.79. The van der Waals surface area contributed by atoms with E-state index in [4.69, 9.17) is 0 Å². The zero-order chi connectivity index (χ0) is 19.9. The summed E-state index contributed by atoms with van der Waals surface area (Å²) in [5.41, 5.74) is 2.00. The fourth-order valence-electron chi connectivity index (χ4n) is 2.96. The summed E-state index contributed by atoms with van der Waals surface area (Å²) in [5, 5.41) is 6.22. The first kappa shape index (κ1) is 20.2. The molecule has 1 aliphatic heterocycles. The Balaban J connectivity index is 1.40. The molecule has 0 radical (unpaired) electrons. The van der Waals surface area contributed by atoms with Gasteiger partial charge in [-0.05, 0) is 25.1 Å². The molecule has 1 aromatic carbocycles. The van der Waals surface area contributed by atoms with E-state index in [1.165, 1.54) is 23.0 Å². The van der Waals surface area contributed by atoms with Gasteiger partial charge in [0.1, 0.15) is 0 Å². The number of anilines is 2. The Morgan fingerprint density at radius 1 is 1.14 bits per heavy atom. The molecule has 1 fully saturated rings. The van der Waals surface area contributed by atoms with Crippen LogP contribution in [0.4, 0.5) is 10.8 Å². The highest BCUT2D eigenvalue weighted by Gasteiger charge is 2.20. The quantitative estimate of drug-likeness (QED) is 0.699. The van der Waals surface area contributed by atoms with Crippen LogP contribution in [0, 0.1) is 6.92 Å². The summed E-state index contributed by atoms with van der Waals surface area (Å²) in [6.45, 7) is 10.1. The average Bonchev–Trinajstić information content (AvgIpc) is 3.12. The van der Waals surface area contributed by atoms with Gasteiger partial charge in [-0.15, -0.1) is 11.3 Å². The lowest BCUT2D eigenvalue weighted by molar-refractivity contribution is -0.117. The number of aromatic nitrogens is 1. The number of amides is 2. The zero-order valence-corrected chi connectivity index (χ0v) is 16.8. The summed E-state index contributed by atoms with van der Waals surface area (Å²) in [6.07, 6.45) is 3.03. The third-order valence-electron chi connectivity index (χ3n) is 4.52. The second kappa shape index (κ2) is 9.59. The van der Waals surface area contributed by atoms with Gasteiger partial charge in [0.25, 0.3) is 0 Å². The first-order valence-corrected chi connectivity index (χ1v) is 10.0. The van der Waals surface area contributed by atoms with Gasteiger partial charge in [0.05, 0.1) is 6.54 Å². The maximum Gasteiger partial charge on any atom is 0.249 e. The van der Waals surface area contributed by atoms with Crippen LogP contribution in [0.3, 0.4) is 0 Å². The molecule has 1 saturated heterocycles. The van der Waals surface area contributed by atoms with Crippen molar-refractivity contribution < 1.29 is 9.59 Å². The third-order valence-corrected chi connectivity index (χ3v) is 5.41. The van der Waals surface area contributed by atoms with E-state index in [-0.39, 0.29) is 11.8 Å². The van der Waals surface area contributed by atoms with Crippen LogP contribution in [0.5, 0.6) is 0 Å².